The minimum absolute atomic E-state index is 0.531. The predicted molar refractivity (Wildman–Crippen MR) is 105 cm³/mol. The van der Waals surface area contributed by atoms with Crippen LogP contribution in [0.1, 0.15) is 81.6 Å². The van der Waals surface area contributed by atoms with Crippen LogP contribution in [0.5, 0.6) is 0 Å². The van der Waals surface area contributed by atoms with Gasteiger partial charge in [0.1, 0.15) is 0 Å². The van der Waals surface area contributed by atoms with Gasteiger partial charge in [-0.05, 0) is 79.4 Å². The lowest BCUT2D eigenvalue weighted by Crippen LogP contribution is -2.22. The molecular formula is C23H44O. The molecule has 1 aliphatic heterocycles. The molecule has 1 heteroatoms. The molecule has 8 atom stereocenters. The first-order valence-corrected chi connectivity index (χ1v) is 11.0. The molecule has 8 unspecified atom stereocenters. The Morgan fingerprint density at radius 3 is 1.62 bits per heavy atom. The van der Waals surface area contributed by atoms with E-state index in [9.17, 15) is 0 Å². The summed E-state index contributed by atoms with van der Waals surface area (Å²) in [5.74, 6) is 8.83. The average molecular weight is 337 g/mol. The van der Waals surface area contributed by atoms with Crippen molar-refractivity contribution in [2.24, 2.45) is 53.3 Å². The molecule has 3 aliphatic carbocycles. The molecule has 1 nitrogen and oxygen atoms in total. The molecule has 142 valence electrons. The fourth-order valence-electron chi connectivity index (χ4n) is 6.05. The van der Waals surface area contributed by atoms with Crippen LogP contribution >= 0.6 is 0 Å². The maximum Gasteiger partial charge on any atom is 0.0615 e. The molecule has 0 N–H and O–H groups in total. The summed E-state index contributed by atoms with van der Waals surface area (Å²) in [7, 11) is 0. The number of hydrogen-bond acceptors (Lipinski definition) is 1. The van der Waals surface area contributed by atoms with Crippen molar-refractivity contribution in [2.75, 3.05) is 0 Å². The van der Waals surface area contributed by atoms with Gasteiger partial charge in [0.25, 0.3) is 0 Å². The Kier molecular flexibility index (Phi) is 6.85. The van der Waals surface area contributed by atoms with Gasteiger partial charge in [-0.15, -0.1) is 0 Å². The molecule has 0 spiro atoms. The van der Waals surface area contributed by atoms with E-state index in [1.54, 1.807) is 12.8 Å². The van der Waals surface area contributed by atoms with Crippen molar-refractivity contribution >= 4 is 0 Å². The second-order valence-electron chi connectivity index (χ2n) is 9.73. The van der Waals surface area contributed by atoms with Crippen molar-refractivity contribution in [3.63, 3.8) is 0 Å². The van der Waals surface area contributed by atoms with Gasteiger partial charge in [0.2, 0.25) is 0 Å². The first-order chi connectivity index (χ1) is 11.3. The largest absolute Gasteiger partial charge is 0.375 e. The standard InChI is InChI=1S/C12H22.C9H16O.C2H6/c1-7(2)10-5-9-6-11(9)12(10)8(3)4;1-5(2)9-6(3)10-8-4-7(8)9;1-2/h7-12H,5-6H2,1-4H3;5-9H,4H2,1-3H3;1-2H3. The van der Waals surface area contributed by atoms with Gasteiger partial charge in [-0.25, -0.2) is 0 Å². The van der Waals surface area contributed by atoms with Crippen molar-refractivity contribution in [1.29, 1.82) is 0 Å². The maximum atomic E-state index is 5.71. The smallest absolute Gasteiger partial charge is 0.0615 e. The molecule has 4 rings (SSSR count). The minimum Gasteiger partial charge on any atom is -0.375 e. The molecule has 1 saturated heterocycles. The van der Waals surface area contributed by atoms with Gasteiger partial charge >= 0.3 is 0 Å². The molecule has 0 bridgehead atoms. The molecule has 4 aliphatic rings. The van der Waals surface area contributed by atoms with Crippen LogP contribution in [0.15, 0.2) is 0 Å². The second-order valence-corrected chi connectivity index (χ2v) is 9.73. The zero-order valence-electron chi connectivity index (χ0n) is 17.9. The molecule has 0 aromatic heterocycles. The first-order valence-electron chi connectivity index (χ1n) is 11.0. The Labute approximate surface area is 152 Å². The normalized spacial score (nSPS) is 44.5. The predicted octanol–water partition coefficient (Wildman–Crippen LogP) is 6.66. The Hall–Kier alpha value is -0.0400. The van der Waals surface area contributed by atoms with E-state index >= 15 is 0 Å². The Balaban J connectivity index is 0.000000160. The highest BCUT2D eigenvalue weighted by atomic mass is 16.5. The van der Waals surface area contributed by atoms with E-state index in [0.717, 1.165) is 53.3 Å². The molecule has 0 aromatic rings. The quantitative estimate of drug-likeness (QED) is 0.559. The van der Waals surface area contributed by atoms with Gasteiger partial charge in [0.15, 0.2) is 0 Å². The summed E-state index contributed by atoms with van der Waals surface area (Å²) in [6, 6.07) is 0. The van der Waals surface area contributed by atoms with Crippen molar-refractivity contribution in [3.8, 4) is 0 Å². The molecule has 1 heterocycles. The summed E-state index contributed by atoms with van der Waals surface area (Å²) in [6.07, 6.45) is 5.64. The average Bonchev–Trinajstić information content (AvgIpc) is 3.38. The topological polar surface area (TPSA) is 9.23 Å². The summed E-state index contributed by atoms with van der Waals surface area (Å²) in [4.78, 5) is 0. The Bertz CT molecular complexity index is 383. The van der Waals surface area contributed by atoms with Gasteiger partial charge < -0.3 is 4.74 Å². The van der Waals surface area contributed by atoms with E-state index in [-0.39, 0.29) is 0 Å². The second kappa shape index (κ2) is 8.11. The lowest BCUT2D eigenvalue weighted by atomic mass is 9.77. The third-order valence-corrected chi connectivity index (χ3v) is 7.14. The van der Waals surface area contributed by atoms with Crippen LogP contribution < -0.4 is 0 Å². The van der Waals surface area contributed by atoms with Gasteiger partial charge in [-0.3, -0.25) is 0 Å². The summed E-state index contributed by atoms with van der Waals surface area (Å²) >= 11 is 0. The summed E-state index contributed by atoms with van der Waals surface area (Å²) in [6.45, 7) is 20.5. The third-order valence-electron chi connectivity index (χ3n) is 7.14. The Morgan fingerprint density at radius 2 is 1.29 bits per heavy atom. The van der Waals surface area contributed by atoms with Crippen molar-refractivity contribution in [2.45, 2.75) is 93.8 Å². The molecule has 24 heavy (non-hydrogen) atoms. The fourth-order valence-corrected chi connectivity index (χ4v) is 6.05. The van der Waals surface area contributed by atoms with Crippen molar-refractivity contribution in [1.82, 2.24) is 0 Å². The van der Waals surface area contributed by atoms with Gasteiger partial charge in [0, 0.05) is 0 Å². The fraction of sp³-hybridized carbons (Fsp3) is 1.00. The van der Waals surface area contributed by atoms with Crippen molar-refractivity contribution < 1.29 is 4.74 Å². The number of hydrogen-bond donors (Lipinski definition) is 0. The zero-order valence-corrected chi connectivity index (χ0v) is 17.9. The number of fused-ring (bicyclic) bond motifs is 2. The molecule has 4 fully saturated rings. The highest BCUT2D eigenvalue weighted by molar-refractivity contribution is 5.03. The number of ether oxygens (including phenoxy) is 1. The van der Waals surface area contributed by atoms with Crippen LogP contribution in [0.25, 0.3) is 0 Å². The zero-order chi connectivity index (χ0) is 18.2. The highest BCUT2D eigenvalue weighted by Gasteiger charge is 2.55. The van der Waals surface area contributed by atoms with Gasteiger partial charge in [-0.2, -0.15) is 0 Å². The third kappa shape index (κ3) is 4.19. The molecule has 0 radical (unpaired) electrons. The van der Waals surface area contributed by atoms with E-state index in [2.05, 4.69) is 48.5 Å². The highest BCUT2D eigenvalue weighted by Crippen LogP contribution is 2.61. The summed E-state index contributed by atoms with van der Waals surface area (Å²) < 4.78 is 5.71. The van der Waals surface area contributed by atoms with E-state index in [4.69, 9.17) is 4.74 Å². The van der Waals surface area contributed by atoms with Crippen LogP contribution in [0.2, 0.25) is 0 Å². The minimum atomic E-state index is 0.531. The van der Waals surface area contributed by atoms with Gasteiger partial charge in [-0.1, -0.05) is 55.4 Å². The van der Waals surface area contributed by atoms with Crippen LogP contribution in [-0.4, -0.2) is 12.2 Å². The van der Waals surface area contributed by atoms with Gasteiger partial charge in [0.05, 0.1) is 12.2 Å². The summed E-state index contributed by atoms with van der Waals surface area (Å²) in [5, 5.41) is 0. The monoisotopic (exact) mass is 336 g/mol. The Morgan fingerprint density at radius 1 is 0.708 bits per heavy atom. The molecular weight excluding hydrogens is 292 g/mol. The maximum absolute atomic E-state index is 5.71. The SMILES string of the molecule is CC.CC(C)C1C(C)OC2CC21.CC(C)C1CC2CC2C1C(C)C. The van der Waals surface area contributed by atoms with Crippen LogP contribution in [0.3, 0.4) is 0 Å². The lowest BCUT2D eigenvalue weighted by Gasteiger charge is -2.29. The lowest BCUT2D eigenvalue weighted by molar-refractivity contribution is 0.0518. The summed E-state index contributed by atoms with van der Waals surface area (Å²) in [5.41, 5.74) is 0. The molecule has 3 saturated carbocycles. The van der Waals surface area contributed by atoms with E-state index < -0.39 is 0 Å². The van der Waals surface area contributed by atoms with Crippen LogP contribution in [-0.2, 0) is 4.74 Å². The van der Waals surface area contributed by atoms with E-state index in [0.29, 0.717) is 12.2 Å². The van der Waals surface area contributed by atoms with Crippen molar-refractivity contribution in [3.05, 3.63) is 0 Å². The number of rotatable bonds is 3. The molecule has 0 aromatic carbocycles. The van der Waals surface area contributed by atoms with E-state index in [1.165, 1.54) is 6.42 Å². The van der Waals surface area contributed by atoms with E-state index in [1.807, 2.05) is 13.8 Å². The first kappa shape index (κ1) is 20.3. The molecule has 0 amide bonds. The van der Waals surface area contributed by atoms with Crippen LogP contribution in [0.4, 0.5) is 0 Å². The van der Waals surface area contributed by atoms with Crippen LogP contribution in [0, 0.1) is 53.3 Å².